The van der Waals surface area contributed by atoms with Crippen LogP contribution in [0.4, 0.5) is 11.4 Å². The van der Waals surface area contributed by atoms with Crippen molar-refractivity contribution in [2.24, 2.45) is 5.92 Å². The van der Waals surface area contributed by atoms with Crippen molar-refractivity contribution in [3.8, 4) is 5.75 Å². The molecule has 37 heavy (non-hydrogen) atoms. The summed E-state index contributed by atoms with van der Waals surface area (Å²) in [4.78, 5) is 30.5. The summed E-state index contributed by atoms with van der Waals surface area (Å²) in [6, 6.07) is 13.8. The minimum absolute atomic E-state index is 0.00158. The smallest absolute Gasteiger partial charge is 0.300 e. The molecule has 1 amide bonds. The third kappa shape index (κ3) is 4.39. The largest absolute Gasteiger partial charge is 0.507 e. The lowest BCUT2D eigenvalue weighted by atomic mass is 9.95. The normalized spacial score (nSPS) is 20.1. The Labute approximate surface area is 216 Å². The van der Waals surface area contributed by atoms with Crippen LogP contribution in [0.2, 0.25) is 0 Å². The molecule has 7 nitrogen and oxygen atoms in total. The SMILES string of the molecule is COc1cc(C)c(/C(O)=C2/C(=O)C(=O)N(c3ccc(N4CCC(C)CC4)cc3)C2c2ccco2)cc1C. The Kier molecular flexibility index (Phi) is 6.54. The first-order valence-electron chi connectivity index (χ1n) is 12.6. The highest BCUT2D eigenvalue weighted by molar-refractivity contribution is 6.51. The van der Waals surface area contributed by atoms with E-state index in [2.05, 4.69) is 11.8 Å². The summed E-state index contributed by atoms with van der Waals surface area (Å²) in [5.41, 5.74) is 3.67. The Bertz CT molecular complexity index is 1350. The van der Waals surface area contributed by atoms with Crippen LogP contribution in [0.15, 0.2) is 64.8 Å². The summed E-state index contributed by atoms with van der Waals surface area (Å²) in [5.74, 6) is 0.128. The number of furan rings is 1. The quantitative estimate of drug-likeness (QED) is 0.272. The number of anilines is 2. The number of Topliss-reactive ketones (excluding diaryl/α,β-unsaturated/α-hetero) is 1. The van der Waals surface area contributed by atoms with E-state index >= 15 is 0 Å². The molecule has 1 N–H and O–H groups in total. The van der Waals surface area contributed by atoms with Crippen LogP contribution in [0.25, 0.3) is 5.76 Å². The van der Waals surface area contributed by atoms with Crippen LogP contribution >= 0.6 is 0 Å². The molecule has 2 saturated heterocycles. The van der Waals surface area contributed by atoms with Gasteiger partial charge in [0.1, 0.15) is 23.3 Å². The summed E-state index contributed by atoms with van der Waals surface area (Å²) in [6.07, 6.45) is 3.80. The number of hydrogen-bond acceptors (Lipinski definition) is 6. The number of aryl methyl sites for hydroxylation is 2. The summed E-state index contributed by atoms with van der Waals surface area (Å²) in [7, 11) is 1.58. The van der Waals surface area contributed by atoms with Crippen LogP contribution in [0.1, 0.15) is 48.3 Å². The second-order valence-electron chi connectivity index (χ2n) is 10.0. The number of amides is 1. The average molecular weight is 501 g/mol. The number of rotatable bonds is 5. The molecule has 0 bridgehead atoms. The van der Waals surface area contributed by atoms with E-state index in [-0.39, 0.29) is 11.3 Å². The molecule has 0 aliphatic carbocycles. The number of aliphatic hydroxyl groups excluding tert-OH is 1. The summed E-state index contributed by atoms with van der Waals surface area (Å²) >= 11 is 0. The third-order valence-electron chi connectivity index (χ3n) is 7.53. The zero-order valence-corrected chi connectivity index (χ0v) is 21.7. The predicted octanol–water partition coefficient (Wildman–Crippen LogP) is 5.77. The molecule has 3 aromatic rings. The topological polar surface area (TPSA) is 83.2 Å². The number of piperidine rings is 1. The monoisotopic (exact) mass is 500 g/mol. The fourth-order valence-corrected chi connectivity index (χ4v) is 5.32. The molecule has 2 fully saturated rings. The van der Waals surface area contributed by atoms with Gasteiger partial charge in [-0.2, -0.15) is 0 Å². The molecule has 5 rings (SSSR count). The predicted molar refractivity (Wildman–Crippen MR) is 143 cm³/mol. The zero-order chi connectivity index (χ0) is 26.3. The third-order valence-corrected chi connectivity index (χ3v) is 7.53. The summed E-state index contributed by atoms with van der Waals surface area (Å²) < 4.78 is 11.1. The van der Waals surface area contributed by atoms with Crippen molar-refractivity contribution in [3.63, 3.8) is 0 Å². The average Bonchev–Trinajstić information content (AvgIpc) is 3.52. The number of nitrogens with zero attached hydrogens (tertiary/aromatic N) is 2. The van der Waals surface area contributed by atoms with E-state index in [1.165, 1.54) is 11.2 Å². The number of aliphatic hydroxyl groups is 1. The van der Waals surface area contributed by atoms with Crippen LogP contribution in [0, 0.1) is 19.8 Å². The van der Waals surface area contributed by atoms with Crippen molar-refractivity contribution in [2.45, 2.75) is 39.7 Å². The number of carbonyl (C=O) groups excluding carboxylic acids is 2. The number of ether oxygens (including phenoxy) is 1. The molecule has 7 heteroatoms. The summed E-state index contributed by atoms with van der Waals surface area (Å²) in [6.45, 7) is 7.97. The lowest BCUT2D eigenvalue weighted by Gasteiger charge is -2.32. The van der Waals surface area contributed by atoms with E-state index in [4.69, 9.17) is 9.15 Å². The highest BCUT2D eigenvalue weighted by Gasteiger charge is 2.48. The Morgan fingerprint density at radius 3 is 2.30 bits per heavy atom. The lowest BCUT2D eigenvalue weighted by molar-refractivity contribution is -0.132. The highest BCUT2D eigenvalue weighted by Crippen LogP contribution is 2.43. The first-order valence-corrected chi connectivity index (χ1v) is 12.6. The standard InChI is InChI=1S/C30H32N2O5/c1-18-11-13-31(14-12-18)21-7-9-22(10-8-21)32-27(24-6-5-15-37-24)26(29(34)30(32)35)28(33)23-16-20(3)25(36-4)17-19(23)2/h5-10,15-18,27,33H,11-14H2,1-4H3/b28-26-. The Hall–Kier alpha value is -4.00. The van der Waals surface area contributed by atoms with E-state index in [1.54, 1.807) is 25.3 Å². The first-order chi connectivity index (χ1) is 17.8. The molecule has 2 aliphatic heterocycles. The second-order valence-corrected chi connectivity index (χ2v) is 10.0. The maximum Gasteiger partial charge on any atom is 0.300 e. The number of ketones is 1. The number of hydrogen-bond donors (Lipinski definition) is 1. The van der Waals surface area contributed by atoms with Gasteiger partial charge in [-0.15, -0.1) is 0 Å². The lowest BCUT2D eigenvalue weighted by Crippen LogP contribution is -2.33. The molecule has 1 aromatic heterocycles. The first kappa shape index (κ1) is 24.7. The van der Waals surface area contributed by atoms with Gasteiger partial charge in [-0.3, -0.25) is 14.5 Å². The Morgan fingerprint density at radius 2 is 1.68 bits per heavy atom. The molecule has 1 atom stereocenters. The van der Waals surface area contributed by atoms with Crippen LogP contribution in [-0.2, 0) is 9.59 Å². The molecule has 1 unspecified atom stereocenters. The van der Waals surface area contributed by atoms with Crippen molar-refractivity contribution in [2.75, 3.05) is 30.0 Å². The van der Waals surface area contributed by atoms with Gasteiger partial charge in [0.05, 0.1) is 18.9 Å². The Morgan fingerprint density at radius 1 is 1.00 bits per heavy atom. The maximum absolute atomic E-state index is 13.4. The molecule has 3 heterocycles. The van der Waals surface area contributed by atoms with Crippen LogP contribution in [0.3, 0.4) is 0 Å². The second kappa shape index (κ2) is 9.81. The van der Waals surface area contributed by atoms with Crippen LogP contribution < -0.4 is 14.5 Å². The fraction of sp³-hybridized carbons (Fsp3) is 0.333. The zero-order valence-electron chi connectivity index (χ0n) is 21.7. The van der Waals surface area contributed by atoms with E-state index in [0.29, 0.717) is 22.8 Å². The van der Waals surface area contributed by atoms with Gasteiger partial charge < -0.3 is 19.2 Å². The number of carbonyl (C=O) groups is 2. The van der Waals surface area contributed by atoms with Gasteiger partial charge in [0, 0.05) is 30.0 Å². The molecule has 0 spiro atoms. The van der Waals surface area contributed by atoms with Gasteiger partial charge in [-0.1, -0.05) is 6.92 Å². The van der Waals surface area contributed by atoms with Crippen molar-refractivity contribution >= 4 is 28.8 Å². The molecule has 2 aromatic carbocycles. The molecule has 0 saturated carbocycles. The van der Waals surface area contributed by atoms with E-state index in [0.717, 1.165) is 48.7 Å². The molecule has 192 valence electrons. The minimum atomic E-state index is -0.890. The number of methoxy groups -OCH3 is 1. The van der Waals surface area contributed by atoms with Crippen molar-refractivity contribution in [1.82, 2.24) is 0 Å². The molecular formula is C30H32N2O5. The fourth-order valence-electron chi connectivity index (χ4n) is 5.32. The molecule has 0 radical (unpaired) electrons. The van der Waals surface area contributed by atoms with Gasteiger partial charge in [-0.05, 0) is 92.3 Å². The van der Waals surface area contributed by atoms with Gasteiger partial charge in [0.25, 0.3) is 11.7 Å². The van der Waals surface area contributed by atoms with Crippen LogP contribution in [0.5, 0.6) is 5.75 Å². The molecular weight excluding hydrogens is 468 g/mol. The van der Waals surface area contributed by atoms with Gasteiger partial charge in [-0.25, -0.2) is 0 Å². The molecule has 2 aliphatic rings. The van der Waals surface area contributed by atoms with Gasteiger partial charge >= 0.3 is 0 Å². The van der Waals surface area contributed by atoms with Crippen molar-refractivity contribution in [1.29, 1.82) is 0 Å². The summed E-state index contributed by atoms with van der Waals surface area (Å²) in [5, 5.41) is 11.4. The minimum Gasteiger partial charge on any atom is -0.507 e. The van der Waals surface area contributed by atoms with E-state index in [9.17, 15) is 14.7 Å². The van der Waals surface area contributed by atoms with Gasteiger partial charge in [0.15, 0.2) is 0 Å². The number of benzene rings is 2. The van der Waals surface area contributed by atoms with Gasteiger partial charge in [0.2, 0.25) is 0 Å². The highest BCUT2D eigenvalue weighted by atomic mass is 16.5. The Balaban J connectivity index is 1.57. The van der Waals surface area contributed by atoms with Crippen LogP contribution in [-0.4, -0.2) is 37.0 Å². The maximum atomic E-state index is 13.4. The van der Waals surface area contributed by atoms with E-state index < -0.39 is 17.7 Å². The van der Waals surface area contributed by atoms with Crippen molar-refractivity contribution < 1.29 is 23.8 Å². The van der Waals surface area contributed by atoms with Crippen molar-refractivity contribution in [3.05, 3.63) is 82.8 Å². The van der Waals surface area contributed by atoms with E-state index in [1.807, 2.05) is 44.2 Å².